The number of benzene rings is 1. The van der Waals surface area contributed by atoms with E-state index in [4.69, 9.17) is 22.7 Å². The van der Waals surface area contributed by atoms with E-state index in [1.54, 1.807) is 6.07 Å². The van der Waals surface area contributed by atoms with E-state index in [0.29, 0.717) is 11.5 Å². The van der Waals surface area contributed by atoms with Crippen molar-refractivity contribution in [3.8, 4) is 0 Å². The Hall–Kier alpha value is -1.04. The Morgan fingerprint density at radius 2 is 2.35 bits per heavy atom. The van der Waals surface area contributed by atoms with Gasteiger partial charge in [0.25, 0.3) is 0 Å². The smallest absolute Gasteiger partial charge is 0.123 e. The largest absolute Gasteiger partial charge is 0.389 e. The molecule has 5 heteroatoms. The fraction of sp³-hybridized carbons (Fsp3) is 0.533. The van der Waals surface area contributed by atoms with E-state index >= 15 is 0 Å². The molecule has 0 saturated carbocycles. The molecule has 0 bridgehead atoms. The van der Waals surface area contributed by atoms with E-state index < -0.39 is 0 Å². The number of hydrogen-bond donors (Lipinski definition) is 1. The van der Waals surface area contributed by atoms with Crippen LogP contribution in [0.2, 0.25) is 0 Å². The maximum absolute atomic E-state index is 13.4. The Balaban J connectivity index is 2.09. The number of ether oxygens (including phenoxy) is 1. The first kappa shape index (κ1) is 15.4. The predicted molar refractivity (Wildman–Crippen MR) is 82.2 cm³/mol. The van der Waals surface area contributed by atoms with Gasteiger partial charge in [-0.15, -0.1) is 0 Å². The highest BCUT2D eigenvalue weighted by atomic mass is 32.1. The molecule has 1 aromatic rings. The van der Waals surface area contributed by atoms with Crippen molar-refractivity contribution in [3.63, 3.8) is 0 Å². The van der Waals surface area contributed by atoms with Crippen LogP contribution in [-0.2, 0) is 11.3 Å². The molecule has 20 heavy (non-hydrogen) atoms. The molecule has 0 spiro atoms. The molecule has 1 atom stereocenters. The molecular weight excluding hydrogens is 275 g/mol. The van der Waals surface area contributed by atoms with Crippen molar-refractivity contribution in [2.24, 2.45) is 5.73 Å². The molecule has 1 heterocycles. The maximum atomic E-state index is 13.4. The lowest BCUT2D eigenvalue weighted by atomic mass is 10.1. The summed E-state index contributed by atoms with van der Waals surface area (Å²) in [5.74, 6) is -0.256. The van der Waals surface area contributed by atoms with Crippen LogP contribution in [0.3, 0.4) is 0 Å². The highest BCUT2D eigenvalue weighted by Gasteiger charge is 2.19. The summed E-state index contributed by atoms with van der Waals surface area (Å²) in [4.78, 5) is 2.56. The Morgan fingerprint density at radius 1 is 1.55 bits per heavy atom. The normalized spacial score (nSPS) is 18.6. The molecule has 1 aromatic carbocycles. The molecule has 0 aromatic heterocycles. The van der Waals surface area contributed by atoms with Gasteiger partial charge in [-0.05, 0) is 43.1 Å². The molecule has 2 N–H and O–H groups in total. The minimum absolute atomic E-state index is 0.256. The molecule has 1 aliphatic rings. The predicted octanol–water partition coefficient (Wildman–Crippen LogP) is 2.46. The average Bonchev–Trinajstić information content (AvgIpc) is 2.90. The second-order valence-corrected chi connectivity index (χ2v) is 5.57. The zero-order valence-electron chi connectivity index (χ0n) is 11.8. The molecule has 0 aliphatic carbocycles. The quantitative estimate of drug-likeness (QED) is 0.819. The molecule has 110 valence electrons. The summed E-state index contributed by atoms with van der Waals surface area (Å²) in [6, 6.07) is 4.58. The topological polar surface area (TPSA) is 38.5 Å². The highest BCUT2D eigenvalue weighted by molar-refractivity contribution is 7.80. The van der Waals surface area contributed by atoms with Gasteiger partial charge in [0.15, 0.2) is 0 Å². The number of likely N-dealkylation sites (N-methyl/N-ethyl adjacent to an activating group) is 1. The van der Waals surface area contributed by atoms with Crippen molar-refractivity contribution in [2.75, 3.05) is 19.7 Å². The van der Waals surface area contributed by atoms with E-state index in [1.165, 1.54) is 12.1 Å². The fourth-order valence-electron chi connectivity index (χ4n) is 2.56. The van der Waals surface area contributed by atoms with Crippen molar-refractivity contribution in [1.82, 2.24) is 4.90 Å². The Bertz CT molecular complexity index is 475. The van der Waals surface area contributed by atoms with E-state index in [0.717, 1.165) is 43.7 Å². The summed E-state index contributed by atoms with van der Waals surface area (Å²) in [6.45, 7) is 5.33. The minimum Gasteiger partial charge on any atom is -0.389 e. The fourth-order valence-corrected chi connectivity index (χ4v) is 2.76. The Morgan fingerprint density at radius 3 is 2.95 bits per heavy atom. The van der Waals surface area contributed by atoms with E-state index in [-0.39, 0.29) is 11.9 Å². The van der Waals surface area contributed by atoms with Crippen LogP contribution in [0.4, 0.5) is 4.39 Å². The number of nitrogens with zero attached hydrogens (tertiary/aromatic N) is 1. The van der Waals surface area contributed by atoms with E-state index in [2.05, 4.69) is 11.8 Å². The van der Waals surface area contributed by atoms with Gasteiger partial charge in [-0.1, -0.05) is 19.1 Å². The summed E-state index contributed by atoms with van der Waals surface area (Å²) >= 11 is 5.04. The molecule has 1 unspecified atom stereocenters. The Kier molecular flexibility index (Phi) is 5.46. The molecule has 1 saturated heterocycles. The van der Waals surface area contributed by atoms with E-state index in [9.17, 15) is 4.39 Å². The van der Waals surface area contributed by atoms with Crippen LogP contribution in [0.5, 0.6) is 0 Å². The molecule has 2 rings (SSSR count). The van der Waals surface area contributed by atoms with Gasteiger partial charge in [0, 0.05) is 25.3 Å². The standard InChI is InChI=1S/C15H21FN2OS/c1-2-18(10-13-4-3-7-19-13)9-11-8-12(16)5-6-14(11)15(17)20/h5-6,8,13H,2-4,7,9-10H2,1H3,(H2,17,20). The Labute approximate surface area is 124 Å². The average molecular weight is 296 g/mol. The van der Waals surface area contributed by atoms with Gasteiger partial charge in [0.05, 0.1) is 6.10 Å². The van der Waals surface area contributed by atoms with Crippen LogP contribution in [0, 0.1) is 5.82 Å². The van der Waals surface area contributed by atoms with Crippen LogP contribution in [-0.4, -0.2) is 35.7 Å². The summed E-state index contributed by atoms with van der Waals surface area (Å²) < 4.78 is 19.1. The summed E-state index contributed by atoms with van der Waals surface area (Å²) in [5.41, 5.74) is 7.31. The van der Waals surface area contributed by atoms with Crippen LogP contribution >= 0.6 is 12.2 Å². The number of rotatable bonds is 6. The summed E-state index contributed by atoms with van der Waals surface area (Å²) in [6.07, 6.45) is 2.51. The van der Waals surface area contributed by atoms with Gasteiger partial charge >= 0.3 is 0 Å². The molecule has 0 amide bonds. The summed E-state index contributed by atoms with van der Waals surface area (Å²) in [5, 5.41) is 0. The van der Waals surface area contributed by atoms with E-state index in [1.807, 2.05) is 0 Å². The molecule has 3 nitrogen and oxygen atoms in total. The zero-order valence-corrected chi connectivity index (χ0v) is 12.6. The number of hydrogen-bond acceptors (Lipinski definition) is 3. The van der Waals surface area contributed by atoms with Gasteiger partial charge in [0.2, 0.25) is 0 Å². The number of nitrogens with two attached hydrogens (primary N) is 1. The molecule has 0 radical (unpaired) electrons. The second kappa shape index (κ2) is 7.11. The van der Waals surface area contributed by atoms with Gasteiger partial charge in [-0.2, -0.15) is 0 Å². The first-order valence-corrected chi connectivity index (χ1v) is 7.43. The van der Waals surface area contributed by atoms with Crippen molar-refractivity contribution in [2.45, 2.75) is 32.4 Å². The van der Waals surface area contributed by atoms with Gasteiger partial charge in [-0.25, -0.2) is 4.39 Å². The van der Waals surface area contributed by atoms with Gasteiger partial charge in [-0.3, -0.25) is 4.90 Å². The first-order valence-electron chi connectivity index (χ1n) is 7.02. The molecule has 1 fully saturated rings. The number of halogens is 1. The van der Waals surface area contributed by atoms with Crippen LogP contribution < -0.4 is 5.73 Å². The van der Waals surface area contributed by atoms with Crippen molar-refractivity contribution in [1.29, 1.82) is 0 Å². The lowest BCUT2D eigenvalue weighted by Gasteiger charge is -2.24. The van der Waals surface area contributed by atoms with Crippen molar-refractivity contribution < 1.29 is 9.13 Å². The third kappa shape index (κ3) is 3.98. The maximum Gasteiger partial charge on any atom is 0.123 e. The lowest BCUT2D eigenvalue weighted by Crippen LogP contribution is -2.32. The van der Waals surface area contributed by atoms with Gasteiger partial charge in [0.1, 0.15) is 10.8 Å². The van der Waals surface area contributed by atoms with Crippen LogP contribution in [0.25, 0.3) is 0 Å². The third-order valence-electron chi connectivity index (χ3n) is 3.66. The molecule has 1 aliphatic heterocycles. The number of thiocarbonyl (C=S) groups is 1. The second-order valence-electron chi connectivity index (χ2n) is 5.13. The first-order chi connectivity index (χ1) is 9.60. The lowest BCUT2D eigenvalue weighted by molar-refractivity contribution is 0.0724. The van der Waals surface area contributed by atoms with Crippen molar-refractivity contribution in [3.05, 3.63) is 35.1 Å². The third-order valence-corrected chi connectivity index (χ3v) is 3.88. The minimum atomic E-state index is -0.256. The highest BCUT2D eigenvalue weighted by Crippen LogP contribution is 2.17. The SMILES string of the molecule is CCN(Cc1cc(F)ccc1C(N)=S)CC1CCCO1. The zero-order chi connectivity index (χ0) is 14.5. The molecular formula is C15H21FN2OS. The summed E-state index contributed by atoms with van der Waals surface area (Å²) in [7, 11) is 0. The van der Waals surface area contributed by atoms with Crippen LogP contribution in [0.15, 0.2) is 18.2 Å². The monoisotopic (exact) mass is 296 g/mol. The van der Waals surface area contributed by atoms with Gasteiger partial charge < -0.3 is 10.5 Å². The van der Waals surface area contributed by atoms with Crippen molar-refractivity contribution >= 4 is 17.2 Å². The van der Waals surface area contributed by atoms with Crippen LogP contribution in [0.1, 0.15) is 30.9 Å².